The zero-order chi connectivity index (χ0) is 18.8. The molecule has 0 saturated carbocycles. The minimum absolute atomic E-state index is 0. The molecule has 0 spiro atoms. The monoisotopic (exact) mass is 480 g/mol. The number of carbonyl (C=O) groups excluding carboxylic acids is 1. The SMILES string of the molecule is Cc1ccc(CN=C(NCCNC(=O)C(C)C)Nc2ccccc2)cc1.I. The standard InChI is InChI=1S/C21H28N4O.HI/c1-16(2)20(26)22-13-14-23-21(25-19-7-5-4-6-8-19)24-15-18-11-9-17(3)10-12-18;/h4-12,16H,13-15H2,1-3H3,(H,22,26)(H2,23,24,25);1H. The van der Waals surface area contributed by atoms with Crippen molar-refractivity contribution in [2.45, 2.75) is 27.3 Å². The maximum Gasteiger partial charge on any atom is 0.222 e. The molecule has 0 aliphatic rings. The van der Waals surface area contributed by atoms with Crippen molar-refractivity contribution in [3.63, 3.8) is 0 Å². The number of nitrogens with zero attached hydrogens (tertiary/aromatic N) is 1. The topological polar surface area (TPSA) is 65.5 Å². The maximum absolute atomic E-state index is 11.6. The average Bonchev–Trinajstić information content (AvgIpc) is 2.64. The fourth-order valence-electron chi connectivity index (χ4n) is 2.23. The first kappa shape index (κ1) is 23.0. The summed E-state index contributed by atoms with van der Waals surface area (Å²) in [5.41, 5.74) is 3.35. The molecule has 2 aromatic rings. The highest BCUT2D eigenvalue weighted by molar-refractivity contribution is 14.0. The van der Waals surface area contributed by atoms with E-state index >= 15 is 0 Å². The summed E-state index contributed by atoms with van der Waals surface area (Å²) in [5.74, 6) is 0.739. The number of halogens is 1. The lowest BCUT2D eigenvalue weighted by Crippen LogP contribution is -2.39. The molecule has 5 nitrogen and oxygen atoms in total. The third-order valence-electron chi connectivity index (χ3n) is 3.82. The van der Waals surface area contributed by atoms with Crippen LogP contribution in [0.5, 0.6) is 0 Å². The summed E-state index contributed by atoms with van der Waals surface area (Å²) < 4.78 is 0. The van der Waals surface area contributed by atoms with Crippen LogP contribution >= 0.6 is 24.0 Å². The Morgan fingerprint density at radius 2 is 1.59 bits per heavy atom. The summed E-state index contributed by atoms with van der Waals surface area (Å²) in [5, 5.41) is 9.46. The summed E-state index contributed by atoms with van der Waals surface area (Å²) in [7, 11) is 0. The van der Waals surface area contributed by atoms with E-state index in [1.807, 2.05) is 44.2 Å². The predicted molar refractivity (Wildman–Crippen MR) is 124 cm³/mol. The van der Waals surface area contributed by atoms with Crippen LogP contribution in [0.3, 0.4) is 0 Å². The number of para-hydroxylation sites is 1. The van der Waals surface area contributed by atoms with Gasteiger partial charge in [-0.3, -0.25) is 4.79 Å². The zero-order valence-electron chi connectivity index (χ0n) is 16.2. The first-order valence-electron chi connectivity index (χ1n) is 8.98. The predicted octanol–water partition coefficient (Wildman–Crippen LogP) is 3.94. The van der Waals surface area contributed by atoms with Gasteiger partial charge in [0.1, 0.15) is 0 Å². The fourth-order valence-corrected chi connectivity index (χ4v) is 2.23. The van der Waals surface area contributed by atoms with Gasteiger partial charge in [0.2, 0.25) is 5.91 Å². The van der Waals surface area contributed by atoms with Gasteiger partial charge in [0.25, 0.3) is 0 Å². The van der Waals surface area contributed by atoms with Gasteiger partial charge < -0.3 is 16.0 Å². The van der Waals surface area contributed by atoms with E-state index in [2.05, 4.69) is 52.1 Å². The van der Waals surface area contributed by atoms with Gasteiger partial charge in [0.15, 0.2) is 5.96 Å². The fraction of sp³-hybridized carbons (Fsp3) is 0.333. The number of guanidine groups is 1. The summed E-state index contributed by atoms with van der Waals surface area (Å²) in [6.07, 6.45) is 0. The number of anilines is 1. The van der Waals surface area contributed by atoms with Crippen molar-refractivity contribution in [3.8, 4) is 0 Å². The van der Waals surface area contributed by atoms with Crippen LogP contribution in [0, 0.1) is 12.8 Å². The van der Waals surface area contributed by atoms with E-state index in [0.717, 1.165) is 11.3 Å². The largest absolute Gasteiger partial charge is 0.354 e. The molecule has 6 heteroatoms. The summed E-state index contributed by atoms with van der Waals surface area (Å²) in [6, 6.07) is 18.2. The molecule has 0 bridgehead atoms. The van der Waals surface area contributed by atoms with Gasteiger partial charge in [-0.25, -0.2) is 4.99 Å². The normalized spacial score (nSPS) is 10.9. The van der Waals surface area contributed by atoms with E-state index in [9.17, 15) is 4.79 Å². The van der Waals surface area contributed by atoms with Crippen molar-refractivity contribution in [2.75, 3.05) is 18.4 Å². The number of carbonyl (C=O) groups is 1. The first-order chi connectivity index (χ1) is 12.5. The Kier molecular flexibility index (Phi) is 10.5. The van der Waals surface area contributed by atoms with E-state index in [1.165, 1.54) is 5.56 Å². The van der Waals surface area contributed by atoms with Gasteiger partial charge >= 0.3 is 0 Å². The molecule has 0 saturated heterocycles. The molecule has 0 aliphatic carbocycles. The Labute approximate surface area is 179 Å². The van der Waals surface area contributed by atoms with Gasteiger partial charge in [-0.1, -0.05) is 61.9 Å². The lowest BCUT2D eigenvalue weighted by Gasteiger charge is -2.14. The highest BCUT2D eigenvalue weighted by atomic mass is 127. The molecular formula is C21H29IN4O. The van der Waals surface area contributed by atoms with Crippen LogP contribution in [0.4, 0.5) is 5.69 Å². The highest BCUT2D eigenvalue weighted by Crippen LogP contribution is 2.07. The second-order valence-corrected chi connectivity index (χ2v) is 6.51. The van der Waals surface area contributed by atoms with E-state index in [1.54, 1.807) is 0 Å². The quantitative estimate of drug-likeness (QED) is 0.244. The minimum atomic E-state index is -0.00730. The molecule has 0 aliphatic heterocycles. The first-order valence-corrected chi connectivity index (χ1v) is 8.98. The van der Waals surface area contributed by atoms with Crippen LogP contribution in [0.25, 0.3) is 0 Å². The number of rotatable bonds is 7. The summed E-state index contributed by atoms with van der Waals surface area (Å²) in [4.78, 5) is 16.3. The van der Waals surface area contributed by atoms with E-state index in [-0.39, 0.29) is 35.8 Å². The summed E-state index contributed by atoms with van der Waals surface area (Å²) in [6.45, 7) is 7.58. The van der Waals surface area contributed by atoms with E-state index < -0.39 is 0 Å². The Hall–Kier alpha value is -2.09. The van der Waals surface area contributed by atoms with Crippen molar-refractivity contribution in [3.05, 3.63) is 65.7 Å². The molecule has 2 rings (SSSR count). The van der Waals surface area contributed by atoms with E-state index in [4.69, 9.17) is 0 Å². The van der Waals surface area contributed by atoms with Crippen molar-refractivity contribution in [2.24, 2.45) is 10.9 Å². The number of amides is 1. The van der Waals surface area contributed by atoms with Crippen LogP contribution in [-0.2, 0) is 11.3 Å². The van der Waals surface area contributed by atoms with Crippen LogP contribution < -0.4 is 16.0 Å². The molecule has 2 aromatic carbocycles. The molecule has 0 heterocycles. The van der Waals surface area contributed by atoms with Crippen molar-refractivity contribution < 1.29 is 4.79 Å². The molecule has 0 unspecified atom stereocenters. The number of benzene rings is 2. The molecule has 0 fully saturated rings. The zero-order valence-corrected chi connectivity index (χ0v) is 18.5. The third kappa shape index (κ3) is 8.90. The van der Waals surface area contributed by atoms with Gasteiger partial charge in [-0.15, -0.1) is 24.0 Å². The average molecular weight is 480 g/mol. The number of nitrogens with one attached hydrogen (secondary N) is 3. The Morgan fingerprint density at radius 1 is 0.963 bits per heavy atom. The molecule has 3 N–H and O–H groups in total. The molecule has 1 amide bonds. The number of aliphatic imine (C=N–C) groups is 1. The van der Waals surface area contributed by atoms with Crippen LogP contribution in [0.15, 0.2) is 59.6 Å². The number of hydrogen-bond donors (Lipinski definition) is 3. The van der Waals surface area contributed by atoms with Gasteiger partial charge in [-0.05, 0) is 24.6 Å². The van der Waals surface area contributed by atoms with Crippen LogP contribution in [0.2, 0.25) is 0 Å². The van der Waals surface area contributed by atoms with Crippen LogP contribution in [-0.4, -0.2) is 25.0 Å². The van der Waals surface area contributed by atoms with Crippen molar-refractivity contribution in [1.82, 2.24) is 10.6 Å². The lowest BCUT2D eigenvalue weighted by molar-refractivity contribution is -0.123. The molecule has 0 atom stereocenters. The number of hydrogen-bond acceptors (Lipinski definition) is 2. The van der Waals surface area contributed by atoms with E-state index in [0.29, 0.717) is 25.6 Å². The van der Waals surface area contributed by atoms with Crippen molar-refractivity contribution in [1.29, 1.82) is 0 Å². The molecule has 146 valence electrons. The smallest absolute Gasteiger partial charge is 0.222 e. The van der Waals surface area contributed by atoms with Crippen LogP contribution in [0.1, 0.15) is 25.0 Å². The summed E-state index contributed by atoms with van der Waals surface area (Å²) >= 11 is 0. The Balaban J connectivity index is 0.00000364. The minimum Gasteiger partial charge on any atom is -0.354 e. The third-order valence-corrected chi connectivity index (χ3v) is 3.82. The van der Waals surface area contributed by atoms with Gasteiger partial charge in [0.05, 0.1) is 6.54 Å². The van der Waals surface area contributed by atoms with Crippen molar-refractivity contribution >= 4 is 41.5 Å². The molecule has 0 aromatic heterocycles. The molecular weight excluding hydrogens is 451 g/mol. The second kappa shape index (κ2) is 12.3. The second-order valence-electron chi connectivity index (χ2n) is 6.51. The maximum atomic E-state index is 11.6. The molecule has 0 radical (unpaired) electrons. The van der Waals surface area contributed by atoms with Gasteiger partial charge in [-0.2, -0.15) is 0 Å². The number of aryl methyl sites for hydroxylation is 1. The lowest BCUT2D eigenvalue weighted by atomic mass is 10.1. The highest BCUT2D eigenvalue weighted by Gasteiger charge is 2.05. The Morgan fingerprint density at radius 3 is 2.22 bits per heavy atom. The molecule has 27 heavy (non-hydrogen) atoms. The Bertz CT molecular complexity index is 715. The van der Waals surface area contributed by atoms with Gasteiger partial charge in [0, 0.05) is 24.7 Å².